The molecule has 1 aromatic carbocycles. The van der Waals surface area contributed by atoms with E-state index in [4.69, 9.17) is 5.11 Å². The van der Waals surface area contributed by atoms with E-state index in [2.05, 4.69) is 0 Å². The summed E-state index contributed by atoms with van der Waals surface area (Å²) in [6, 6.07) is 5.44. The summed E-state index contributed by atoms with van der Waals surface area (Å²) in [6.45, 7) is 0. The van der Waals surface area contributed by atoms with Crippen molar-refractivity contribution in [2.24, 2.45) is 5.92 Å². The zero-order chi connectivity index (χ0) is 13.3. The second kappa shape index (κ2) is 4.63. The predicted molar refractivity (Wildman–Crippen MR) is 59.2 cm³/mol. The lowest BCUT2D eigenvalue weighted by Gasteiger charge is -2.17. The van der Waals surface area contributed by atoms with Crippen molar-refractivity contribution in [1.82, 2.24) is 0 Å². The van der Waals surface area contributed by atoms with Crippen molar-refractivity contribution in [3.05, 3.63) is 35.4 Å². The van der Waals surface area contributed by atoms with Crippen molar-refractivity contribution >= 4 is 5.97 Å². The van der Waals surface area contributed by atoms with Gasteiger partial charge in [-0.25, -0.2) is 0 Å². The molecule has 1 aliphatic rings. The van der Waals surface area contributed by atoms with Crippen LogP contribution in [-0.4, -0.2) is 11.1 Å². The maximum Gasteiger partial charge on any atom is 0.416 e. The quantitative estimate of drug-likeness (QED) is 0.878. The first-order valence-corrected chi connectivity index (χ1v) is 5.78. The Kier molecular flexibility index (Phi) is 3.32. The molecule has 1 saturated carbocycles. The van der Waals surface area contributed by atoms with Gasteiger partial charge in [0.1, 0.15) is 0 Å². The molecule has 0 saturated heterocycles. The third-order valence-corrected chi connectivity index (χ3v) is 3.49. The molecule has 0 heterocycles. The maximum absolute atomic E-state index is 12.8. The Morgan fingerprint density at radius 3 is 2.44 bits per heavy atom. The molecule has 2 unspecified atom stereocenters. The van der Waals surface area contributed by atoms with E-state index in [-0.39, 0.29) is 11.5 Å². The first kappa shape index (κ1) is 12.9. The van der Waals surface area contributed by atoms with Crippen molar-refractivity contribution in [2.75, 3.05) is 0 Å². The third-order valence-electron chi connectivity index (χ3n) is 3.49. The summed E-state index contributed by atoms with van der Waals surface area (Å²) in [5, 5.41) is 8.88. The van der Waals surface area contributed by atoms with E-state index in [9.17, 15) is 18.0 Å². The van der Waals surface area contributed by atoms with Crippen LogP contribution >= 0.6 is 0 Å². The Balaban J connectivity index is 2.27. The second-order valence-corrected chi connectivity index (χ2v) is 4.63. The summed E-state index contributed by atoms with van der Waals surface area (Å²) in [5.74, 6) is -1.73. The van der Waals surface area contributed by atoms with Gasteiger partial charge in [0.15, 0.2) is 0 Å². The number of hydrogen-bond donors (Lipinski definition) is 1. The van der Waals surface area contributed by atoms with Crippen LogP contribution in [0.15, 0.2) is 24.3 Å². The molecule has 0 radical (unpaired) electrons. The summed E-state index contributed by atoms with van der Waals surface area (Å²) in [6.07, 6.45) is -3.13. The minimum absolute atomic E-state index is 0.230. The van der Waals surface area contributed by atoms with Crippen LogP contribution in [0.5, 0.6) is 0 Å². The van der Waals surface area contributed by atoms with Gasteiger partial charge in [0.2, 0.25) is 0 Å². The molecule has 5 heteroatoms. The molecule has 1 N–H and O–H groups in total. The highest BCUT2D eigenvalue weighted by atomic mass is 19.4. The Labute approximate surface area is 102 Å². The number of halogens is 3. The van der Waals surface area contributed by atoms with Crippen LogP contribution in [0, 0.1) is 5.92 Å². The van der Waals surface area contributed by atoms with E-state index in [1.54, 1.807) is 6.07 Å². The minimum Gasteiger partial charge on any atom is -0.481 e. The normalized spacial score (nSPS) is 24.2. The number of carboxylic acids is 1. The molecule has 0 amide bonds. The molecule has 2 nitrogen and oxygen atoms in total. The van der Waals surface area contributed by atoms with Gasteiger partial charge in [-0.1, -0.05) is 18.2 Å². The Morgan fingerprint density at radius 2 is 1.89 bits per heavy atom. The van der Waals surface area contributed by atoms with Crippen molar-refractivity contribution in [1.29, 1.82) is 0 Å². The van der Waals surface area contributed by atoms with E-state index in [0.29, 0.717) is 19.3 Å². The van der Waals surface area contributed by atoms with Crippen molar-refractivity contribution < 1.29 is 23.1 Å². The summed E-state index contributed by atoms with van der Waals surface area (Å²) in [7, 11) is 0. The lowest BCUT2D eigenvalue weighted by atomic mass is 9.92. The van der Waals surface area contributed by atoms with Crippen LogP contribution in [0.4, 0.5) is 13.2 Å². The molecule has 1 aliphatic carbocycles. The molecule has 1 aromatic rings. The van der Waals surface area contributed by atoms with Crippen molar-refractivity contribution in [3.63, 3.8) is 0 Å². The van der Waals surface area contributed by atoms with Gasteiger partial charge in [0, 0.05) is 0 Å². The van der Waals surface area contributed by atoms with E-state index >= 15 is 0 Å². The van der Waals surface area contributed by atoms with Crippen LogP contribution in [0.3, 0.4) is 0 Å². The number of alkyl halides is 3. The average molecular weight is 258 g/mol. The molecule has 0 aromatic heterocycles. The number of aliphatic carboxylic acids is 1. The SMILES string of the molecule is O=C(O)C1CCC(c2ccccc2C(F)(F)F)C1. The number of rotatable bonds is 2. The number of hydrogen-bond acceptors (Lipinski definition) is 1. The first-order chi connectivity index (χ1) is 8.39. The topological polar surface area (TPSA) is 37.3 Å². The highest BCUT2D eigenvalue weighted by molar-refractivity contribution is 5.70. The van der Waals surface area contributed by atoms with Gasteiger partial charge in [-0.2, -0.15) is 13.2 Å². The van der Waals surface area contributed by atoms with E-state index < -0.39 is 23.6 Å². The molecule has 2 atom stereocenters. The summed E-state index contributed by atoms with van der Waals surface area (Å²) < 4.78 is 38.5. The predicted octanol–water partition coefficient (Wildman–Crippen LogP) is 3.67. The van der Waals surface area contributed by atoms with Gasteiger partial charge in [0.25, 0.3) is 0 Å². The molecular weight excluding hydrogens is 245 g/mol. The van der Waals surface area contributed by atoms with Gasteiger partial charge < -0.3 is 5.11 Å². The Morgan fingerprint density at radius 1 is 1.22 bits per heavy atom. The second-order valence-electron chi connectivity index (χ2n) is 4.63. The molecule has 2 rings (SSSR count). The number of carboxylic acid groups (broad SMARTS) is 1. The van der Waals surface area contributed by atoms with Gasteiger partial charge in [-0.05, 0) is 36.8 Å². The summed E-state index contributed by atoms with van der Waals surface area (Å²) in [4.78, 5) is 10.8. The minimum atomic E-state index is -4.38. The van der Waals surface area contributed by atoms with Gasteiger partial charge in [-0.15, -0.1) is 0 Å². The van der Waals surface area contributed by atoms with Gasteiger partial charge in [-0.3, -0.25) is 4.79 Å². The van der Waals surface area contributed by atoms with E-state index in [1.165, 1.54) is 12.1 Å². The number of carbonyl (C=O) groups is 1. The molecule has 0 spiro atoms. The average Bonchev–Trinajstić information content (AvgIpc) is 2.77. The molecule has 0 aliphatic heterocycles. The zero-order valence-electron chi connectivity index (χ0n) is 9.57. The highest BCUT2D eigenvalue weighted by Crippen LogP contribution is 2.43. The lowest BCUT2D eigenvalue weighted by Crippen LogP contribution is -2.12. The molecule has 98 valence electrons. The molecular formula is C13H13F3O2. The monoisotopic (exact) mass is 258 g/mol. The molecule has 0 bridgehead atoms. The smallest absolute Gasteiger partial charge is 0.416 e. The Hall–Kier alpha value is -1.52. The van der Waals surface area contributed by atoms with Crippen LogP contribution in [-0.2, 0) is 11.0 Å². The molecule has 1 fully saturated rings. The number of benzene rings is 1. The van der Waals surface area contributed by atoms with Gasteiger partial charge >= 0.3 is 12.1 Å². The first-order valence-electron chi connectivity index (χ1n) is 5.78. The van der Waals surface area contributed by atoms with E-state index in [1.807, 2.05) is 0 Å². The van der Waals surface area contributed by atoms with Gasteiger partial charge in [0.05, 0.1) is 11.5 Å². The molecule has 18 heavy (non-hydrogen) atoms. The third kappa shape index (κ3) is 2.49. The summed E-state index contributed by atoms with van der Waals surface area (Å²) >= 11 is 0. The fourth-order valence-corrected chi connectivity index (χ4v) is 2.60. The zero-order valence-corrected chi connectivity index (χ0v) is 9.57. The van der Waals surface area contributed by atoms with Crippen LogP contribution in [0.25, 0.3) is 0 Å². The van der Waals surface area contributed by atoms with Crippen LogP contribution < -0.4 is 0 Å². The lowest BCUT2D eigenvalue weighted by molar-refractivity contribution is -0.141. The van der Waals surface area contributed by atoms with Crippen LogP contribution in [0.1, 0.15) is 36.3 Å². The van der Waals surface area contributed by atoms with Crippen molar-refractivity contribution in [2.45, 2.75) is 31.4 Å². The van der Waals surface area contributed by atoms with Crippen LogP contribution in [0.2, 0.25) is 0 Å². The summed E-state index contributed by atoms with van der Waals surface area (Å²) in [5.41, 5.74) is -0.408. The fourth-order valence-electron chi connectivity index (χ4n) is 2.60. The largest absolute Gasteiger partial charge is 0.481 e. The highest BCUT2D eigenvalue weighted by Gasteiger charge is 2.38. The maximum atomic E-state index is 12.8. The Bertz CT molecular complexity index is 454. The van der Waals surface area contributed by atoms with Crippen molar-refractivity contribution in [3.8, 4) is 0 Å². The standard InChI is InChI=1S/C13H13F3O2/c14-13(15,16)11-4-2-1-3-10(11)8-5-6-9(7-8)12(17)18/h1-4,8-9H,5-7H2,(H,17,18). The fraction of sp³-hybridized carbons (Fsp3) is 0.462. The van der Waals surface area contributed by atoms with E-state index in [0.717, 1.165) is 6.07 Å².